The van der Waals surface area contributed by atoms with Crippen LogP contribution in [0.5, 0.6) is 0 Å². The molecular weight excluding hydrogens is 272 g/mol. The highest BCUT2D eigenvalue weighted by atomic mass is 16.5. The van der Waals surface area contributed by atoms with E-state index in [2.05, 4.69) is 33.8 Å². The number of esters is 1. The maximum absolute atomic E-state index is 12.3. The molecule has 0 aliphatic rings. The summed E-state index contributed by atoms with van der Waals surface area (Å²) in [7, 11) is 0. The first kappa shape index (κ1) is 16.3. The molecule has 0 N–H and O–H groups in total. The molecule has 0 atom stereocenters. The zero-order valence-electron chi connectivity index (χ0n) is 13.8. The maximum atomic E-state index is 12.3. The lowest BCUT2D eigenvalue weighted by molar-refractivity contribution is 0.0472. The lowest BCUT2D eigenvalue weighted by atomic mass is 9.93. The van der Waals surface area contributed by atoms with E-state index in [1.165, 1.54) is 11.1 Å². The van der Waals surface area contributed by atoms with Crippen molar-refractivity contribution in [2.45, 2.75) is 46.1 Å². The summed E-state index contributed by atoms with van der Waals surface area (Å²) >= 11 is 0. The Morgan fingerprint density at radius 1 is 0.909 bits per heavy atom. The number of rotatable bonds is 5. The SMILES string of the molecule is CC(C)c1cc(C(=O)OCc2ccccc2)cc(C(C)C)c1. The van der Waals surface area contributed by atoms with E-state index in [-0.39, 0.29) is 5.97 Å². The van der Waals surface area contributed by atoms with E-state index in [0.717, 1.165) is 5.56 Å². The van der Waals surface area contributed by atoms with Gasteiger partial charge >= 0.3 is 5.97 Å². The molecule has 0 spiro atoms. The summed E-state index contributed by atoms with van der Waals surface area (Å²) in [6, 6.07) is 15.8. The largest absolute Gasteiger partial charge is 0.457 e. The van der Waals surface area contributed by atoms with Gasteiger partial charge in [0.2, 0.25) is 0 Å². The molecule has 0 aliphatic heterocycles. The van der Waals surface area contributed by atoms with Crippen LogP contribution in [0, 0.1) is 0 Å². The molecule has 0 radical (unpaired) electrons. The fraction of sp³-hybridized carbons (Fsp3) is 0.350. The molecule has 0 aromatic heterocycles. The molecule has 2 nitrogen and oxygen atoms in total. The first-order chi connectivity index (χ1) is 10.5. The van der Waals surface area contributed by atoms with Crippen molar-refractivity contribution < 1.29 is 9.53 Å². The third kappa shape index (κ3) is 4.20. The molecular formula is C20H24O2. The molecule has 2 heteroatoms. The van der Waals surface area contributed by atoms with Crippen molar-refractivity contribution in [3.05, 3.63) is 70.8 Å². The minimum absolute atomic E-state index is 0.256. The second-order valence-electron chi connectivity index (χ2n) is 6.26. The van der Waals surface area contributed by atoms with Crippen LogP contribution in [0.1, 0.15) is 66.6 Å². The highest BCUT2D eigenvalue weighted by Crippen LogP contribution is 2.24. The van der Waals surface area contributed by atoms with Gasteiger partial charge in [0.25, 0.3) is 0 Å². The average Bonchev–Trinajstić information content (AvgIpc) is 2.53. The van der Waals surface area contributed by atoms with Gasteiger partial charge in [-0.25, -0.2) is 4.79 Å². The van der Waals surface area contributed by atoms with Gasteiger partial charge in [-0.3, -0.25) is 0 Å². The summed E-state index contributed by atoms with van der Waals surface area (Å²) in [6.45, 7) is 8.86. The van der Waals surface area contributed by atoms with Gasteiger partial charge in [0, 0.05) is 0 Å². The third-order valence-electron chi connectivity index (χ3n) is 3.76. The van der Waals surface area contributed by atoms with Crippen LogP contribution in [0.25, 0.3) is 0 Å². The first-order valence-electron chi connectivity index (χ1n) is 7.83. The number of carbonyl (C=O) groups excluding carboxylic acids is 1. The van der Waals surface area contributed by atoms with Gasteiger partial charge in [-0.2, -0.15) is 0 Å². The average molecular weight is 296 g/mol. The topological polar surface area (TPSA) is 26.3 Å². The Hall–Kier alpha value is -2.09. The van der Waals surface area contributed by atoms with E-state index in [9.17, 15) is 4.79 Å². The number of hydrogen-bond acceptors (Lipinski definition) is 2. The zero-order valence-corrected chi connectivity index (χ0v) is 13.8. The van der Waals surface area contributed by atoms with E-state index in [0.29, 0.717) is 24.0 Å². The molecule has 0 unspecified atom stereocenters. The lowest BCUT2D eigenvalue weighted by Gasteiger charge is -2.14. The minimum Gasteiger partial charge on any atom is -0.457 e. The van der Waals surface area contributed by atoms with Crippen molar-refractivity contribution in [3.8, 4) is 0 Å². The van der Waals surface area contributed by atoms with E-state index in [1.54, 1.807) is 0 Å². The van der Waals surface area contributed by atoms with Crippen molar-refractivity contribution in [2.24, 2.45) is 0 Å². The quantitative estimate of drug-likeness (QED) is 0.701. The molecule has 0 amide bonds. The summed E-state index contributed by atoms with van der Waals surface area (Å²) in [4.78, 5) is 12.3. The van der Waals surface area contributed by atoms with Crippen LogP contribution >= 0.6 is 0 Å². The Bertz CT molecular complexity index is 601. The number of ether oxygens (including phenoxy) is 1. The normalized spacial score (nSPS) is 11.0. The highest BCUT2D eigenvalue weighted by Gasteiger charge is 2.13. The van der Waals surface area contributed by atoms with Crippen LogP contribution in [-0.4, -0.2) is 5.97 Å². The number of hydrogen-bond donors (Lipinski definition) is 0. The van der Waals surface area contributed by atoms with Gasteiger partial charge < -0.3 is 4.74 Å². The first-order valence-corrected chi connectivity index (χ1v) is 7.83. The predicted molar refractivity (Wildman–Crippen MR) is 90.2 cm³/mol. The van der Waals surface area contributed by atoms with Gasteiger partial charge in [-0.05, 0) is 40.7 Å². The molecule has 22 heavy (non-hydrogen) atoms. The molecule has 0 aliphatic carbocycles. The van der Waals surface area contributed by atoms with Crippen LogP contribution in [0.15, 0.2) is 48.5 Å². The van der Waals surface area contributed by atoms with Crippen LogP contribution < -0.4 is 0 Å². The van der Waals surface area contributed by atoms with Gasteiger partial charge in [0.15, 0.2) is 0 Å². The molecule has 2 aromatic rings. The molecule has 0 heterocycles. The summed E-state index contributed by atoms with van der Waals surface area (Å²) < 4.78 is 5.44. The Morgan fingerprint density at radius 3 is 1.95 bits per heavy atom. The molecule has 0 saturated carbocycles. The van der Waals surface area contributed by atoms with E-state index >= 15 is 0 Å². The smallest absolute Gasteiger partial charge is 0.338 e. The zero-order chi connectivity index (χ0) is 16.1. The summed E-state index contributed by atoms with van der Waals surface area (Å²) in [5.41, 5.74) is 4.00. The monoisotopic (exact) mass is 296 g/mol. The third-order valence-corrected chi connectivity index (χ3v) is 3.76. The van der Waals surface area contributed by atoms with Crippen LogP contribution in [0.2, 0.25) is 0 Å². The lowest BCUT2D eigenvalue weighted by Crippen LogP contribution is -2.07. The second kappa shape index (κ2) is 7.26. The Balaban J connectivity index is 2.17. The Morgan fingerprint density at radius 2 is 1.45 bits per heavy atom. The van der Waals surface area contributed by atoms with Gasteiger partial charge in [-0.1, -0.05) is 64.1 Å². The summed E-state index contributed by atoms with van der Waals surface area (Å²) in [5, 5.41) is 0. The molecule has 2 aromatic carbocycles. The fourth-order valence-electron chi connectivity index (χ4n) is 2.27. The van der Waals surface area contributed by atoms with Crippen molar-refractivity contribution in [3.63, 3.8) is 0 Å². The molecule has 0 saturated heterocycles. The van der Waals surface area contributed by atoms with Crippen molar-refractivity contribution >= 4 is 5.97 Å². The molecule has 116 valence electrons. The standard InChI is InChI=1S/C20H24O2/c1-14(2)17-10-18(15(3)4)12-19(11-17)20(21)22-13-16-8-6-5-7-9-16/h5-12,14-15H,13H2,1-4H3. The van der Waals surface area contributed by atoms with Crippen LogP contribution in [-0.2, 0) is 11.3 Å². The van der Waals surface area contributed by atoms with Crippen molar-refractivity contribution in [1.29, 1.82) is 0 Å². The number of benzene rings is 2. The maximum Gasteiger partial charge on any atom is 0.338 e. The molecule has 2 rings (SSSR count). The second-order valence-corrected chi connectivity index (χ2v) is 6.26. The Kier molecular flexibility index (Phi) is 5.37. The minimum atomic E-state index is -0.256. The summed E-state index contributed by atoms with van der Waals surface area (Å²) in [5.74, 6) is 0.520. The predicted octanol–water partition coefficient (Wildman–Crippen LogP) is 5.29. The van der Waals surface area contributed by atoms with Crippen molar-refractivity contribution in [1.82, 2.24) is 0 Å². The van der Waals surface area contributed by atoms with E-state index < -0.39 is 0 Å². The summed E-state index contributed by atoms with van der Waals surface area (Å²) in [6.07, 6.45) is 0. The van der Waals surface area contributed by atoms with Gasteiger partial charge in [0.05, 0.1) is 5.56 Å². The van der Waals surface area contributed by atoms with E-state index in [1.807, 2.05) is 42.5 Å². The Labute approximate surface area is 133 Å². The highest BCUT2D eigenvalue weighted by molar-refractivity contribution is 5.90. The molecule has 0 bridgehead atoms. The van der Waals surface area contributed by atoms with Gasteiger partial charge in [0.1, 0.15) is 6.61 Å². The van der Waals surface area contributed by atoms with Crippen molar-refractivity contribution in [2.75, 3.05) is 0 Å². The molecule has 0 fully saturated rings. The van der Waals surface area contributed by atoms with E-state index in [4.69, 9.17) is 4.74 Å². The fourth-order valence-corrected chi connectivity index (χ4v) is 2.27. The van der Waals surface area contributed by atoms with Gasteiger partial charge in [-0.15, -0.1) is 0 Å². The number of carbonyl (C=O) groups is 1. The van der Waals surface area contributed by atoms with Crippen LogP contribution in [0.3, 0.4) is 0 Å². The van der Waals surface area contributed by atoms with Crippen LogP contribution in [0.4, 0.5) is 0 Å².